The van der Waals surface area contributed by atoms with Crippen molar-refractivity contribution in [3.8, 4) is 0 Å². The fraction of sp³-hybridized carbons (Fsp3) is 0.400. The molecule has 1 atom stereocenters. The summed E-state index contributed by atoms with van der Waals surface area (Å²) < 4.78 is 0. The molecule has 6 nitrogen and oxygen atoms in total. The van der Waals surface area contributed by atoms with Crippen LogP contribution in [0.5, 0.6) is 0 Å². The van der Waals surface area contributed by atoms with E-state index in [1.807, 2.05) is 0 Å². The number of hydrogen-bond donors (Lipinski definition) is 0. The third kappa shape index (κ3) is 13.9. The molecule has 0 aliphatic rings. The van der Waals surface area contributed by atoms with Gasteiger partial charge in [0, 0.05) is 0 Å². The Morgan fingerprint density at radius 3 is 1.95 bits per heavy atom. The molecular weight excluding hydrogens is 276 g/mol. The van der Waals surface area contributed by atoms with Crippen LogP contribution in [0.15, 0.2) is 36.5 Å². The fourth-order valence-corrected chi connectivity index (χ4v) is 1.69. The average Bonchev–Trinajstić information content (AvgIpc) is 2.38. The zero-order valence-corrected chi connectivity index (χ0v) is 11.5. The van der Waals surface area contributed by atoms with Gasteiger partial charge in [-0.1, -0.05) is 24.6 Å². The first kappa shape index (κ1) is 18.6. The lowest BCUT2D eigenvalue weighted by atomic mass is 9.97. The third-order valence-electron chi connectivity index (χ3n) is 2.65. The highest BCUT2D eigenvalue weighted by atomic mass is 16.4. The minimum Gasteiger partial charge on any atom is -0.545 e. The Balaban J connectivity index is 4.18. The molecule has 0 aliphatic heterocycles. The summed E-state index contributed by atoms with van der Waals surface area (Å²) >= 11 is 0. The molecule has 0 saturated carbocycles. The number of allylic oxidation sites excluding steroid dienone is 3. The SMILES string of the molecule is O=C([O-])/C=C/CCCCC(/C=C/C(=O)[O-])C/C=C/C(=O)[O-]. The lowest BCUT2D eigenvalue weighted by Gasteiger charge is -2.10. The topological polar surface area (TPSA) is 120 Å². The Bertz CT molecular complexity index is 433. The van der Waals surface area contributed by atoms with Crippen LogP contribution < -0.4 is 15.3 Å². The van der Waals surface area contributed by atoms with Gasteiger partial charge in [-0.25, -0.2) is 0 Å². The lowest BCUT2D eigenvalue weighted by molar-refractivity contribution is -0.298. The largest absolute Gasteiger partial charge is 0.545 e. The molecule has 116 valence electrons. The van der Waals surface area contributed by atoms with Crippen LogP contribution >= 0.6 is 0 Å². The molecule has 0 bridgehead atoms. The second-order valence-corrected chi connectivity index (χ2v) is 4.40. The standard InChI is InChI=1S/C15H20O6/c16-13(17)8-4-2-1-3-6-12(10-11-15(20)21)7-5-9-14(18)19/h4-5,8-12H,1-3,6-7H2,(H,16,17)(H,18,19)(H,20,21)/p-3/b8-4+,9-5+,11-10+. The van der Waals surface area contributed by atoms with Crippen molar-refractivity contribution in [2.75, 3.05) is 0 Å². The van der Waals surface area contributed by atoms with Crippen molar-refractivity contribution in [1.82, 2.24) is 0 Å². The molecule has 0 aliphatic carbocycles. The van der Waals surface area contributed by atoms with Crippen molar-refractivity contribution in [2.45, 2.75) is 32.1 Å². The molecule has 0 aromatic rings. The Labute approximate surface area is 123 Å². The predicted octanol–water partition coefficient (Wildman–Crippen LogP) is -1.53. The summed E-state index contributed by atoms with van der Waals surface area (Å²) in [6, 6.07) is 0. The normalized spacial score (nSPS) is 13.1. The quantitative estimate of drug-likeness (QED) is 0.336. The summed E-state index contributed by atoms with van der Waals surface area (Å²) in [7, 11) is 0. The number of aliphatic carboxylic acids is 3. The van der Waals surface area contributed by atoms with Gasteiger partial charge >= 0.3 is 0 Å². The fourth-order valence-electron chi connectivity index (χ4n) is 1.69. The minimum absolute atomic E-state index is 0.122. The summed E-state index contributed by atoms with van der Waals surface area (Å²) in [5.41, 5.74) is 0. The zero-order chi connectivity index (χ0) is 16.1. The van der Waals surface area contributed by atoms with Gasteiger partial charge in [0.15, 0.2) is 0 Å². The maximum absolute atomic E-state index is 10.4. The van der Waals surface area contributed by atoms with Crippen LogP contribution in [0.1, 0.15) is 32.1 Å². The molecule has 0 N–H and O–H groups in total. The summed E-state index contributed by atoms with van der Waals surface area (Å²) in [6.45, 7) is 0. The molecule has 0 radical (unpaired) electrons. The van der Waals surface area contributed by atoms with Gasteiger partial charge in [0.1, 0.15) is 0 Å². The predicted molar refractivity (Wildman–Crippen MR) is 69.0 cm³/mol. The van der Waals surface area contributed by atoms with E-state index in [1.165, 1.54) is 18.2 Å². The monoisotopic (exact) mass is 293 g/mol. The minimum atomic E-state index is -1.30. The molecule has 0 saturated heterocycles. The summed E-state index contributed by atoms with van der Waals surface area (Å²) in [6.07, 6.45) is 10.3. The highest BCUT2D eigenvalue weighted by Crippen LogP contribution is 2.16. The number of hydrogen-bond acceptors (Lipinski definition) is 6. The van der Waals surface area contributed by atoms with Crippen molar-refractivity contribution < 1.29 is 29.7 Å². The zero-order valence-electron chi connectivity index (χ0n) is 11.5. The van der Waals surface area contributed by atoms with Gasteiger partial charge in [-0.2, -0.15) is 0 Å². The van der Waals surface area contributed by atoms with Gasteiger partial charge in [-0.15, -0.1) is 0 Å². The number of carboxylic acid groups (broad SMARTS) is 3. The number of unbranched alkanes of at least 4 members (excludes halogenated alkanes) is 2. The molecule has 1 unspecified atom stereocenters. The van der Waals surface area contributed by atoms with Crippen LogP contribution in [-0.4, -0.2) is 17.9 Å². The average molecular weight is 293 g/mol. The van der Waals surface area contributed by atoms with Crippen LogP contribution in [0.3, 0.4) is 0 Å². The maximum atomic E-state index is 10.4. The van der Waals surface area contributed by atoms with Gasteiger partial charge in [-0.3, -0.25) is 0 Å². The van der Waals surface area contributed by atoms with E-state index in [2.05, 4.69) is 0 Å². The van der Waals surface area contributed by atoms with Crippen molar-refractivity contribution in [1.29, 1.82) is 0 Å². The van der Waals surface area contributed by atoms with Crippen molar-refractivity contribution >= 4 is 17.9 Å². The molecule has 0 aromatic heterocycles. The summed E-state index contributed by atoms with van der Waals surface area (Å²) in [5, 5.41) is 30.8. The van der Waals surface area contributed by atoms with E-state index in [-0.39, 0.29) is 5.92 Å². The van der Waals surface area contributed by atoms with Crippen LogP contribution in [0.4, 0.5) is 0 Å². The molecule has 0 amide bonds. The molecule has 0 aromatic carbocycles. The second-order valence-electron chi connectivity index (χ2n) is 4.40. The first-order valence-electron chi connectivity index (χ1n) is 6.56. The number of carbonyl (C=O) groups is 3. The van der Waals surface area contributed by atoms with Gasteiger partial charge < -0.3 is 29.7 Å². The van der Waals surface area contributed by atoms with E-state index in [4.69, 9.17) is 0 Å². The molecule has 6 heteroatoms. The van der Waals surface area contributed by atoms with Gasteiger partial charge in [-0.05, 0) is 49.8 Å². The summed E-state index contributed by atoms with van der Waals surface area (Å²) in [5.74, 6) is -3.97. The van der Waals surface area contributed by atoms with Gasteiger partial charge in [0.25, 0.3) is 0 Å². The van der Waals surface area contributed by atoms with Crippen molar-refractivity contribution in [2.24, 2.45) is 5.92 Å². The smallest absolute Gasteiger partial charge is 0.0639 e. The van der Waals surface area contributed by atoms with Crippen LogP contribution in [-0.2, 0) is 14.4 Å². The maximum Gasteiger partial charge on any atom is 0.0639 e. The Hall–Kier alpha value is -2.37. The second kappa shape index (κ2) is 11.5. The molecule has 21 heavy (non-hydrogen) atoms. The van der Waals surface area contributed by atoms with Crippen LogP contribution in [0.25, 0.3) is 0 Å². The van der Waals surface area contributed by atoms with E-state index >= 15 is 0 Å². The van der Waals surface area contributed by atoms with Crippen LogP contribution in [0.2, 0.25) is 0 Å². The van der Waals surface area contributed by atoms with Gasteiger partial charge in [0.05, 0.1) is 17.9 Å². The first-order chi connectivity index (χ1) is 9.91. The van der Waals surface area contributed by atoms with E-state index in [0.29, 0.717) is 19.3 Å². The van der Waals surface area contributed by atoms with E-state index < -0.39 is 17.9 Å². The Morgan fingerprint density at radius 1 is 0.810 bits per heavy atom. The molecular formula is C15H17O6-3. The molecule has 0 rings (SSSR count). The third-order valence-corrected chi connectivity index (χ3v) is 2.65. The van der Waals surface area contributed by atoms with Crippen molar-refractivity contribution in [3.05, 3.63) is 36.5 Å². The van der Waals surface area contributed by atoms with E-state index in [1.54, 1.807) is 0 Å². The summed E-state index contributed by atoms with van der Waals surface area (Å²) in [4.78, 5) is 30.8. The number of carbonyl (C=O) groups excluding carboxylic acids is 3. The van der Waals surface area contributed by atoms with Crippen LogP contribution in [0, 0.1) is 5.92 Å². The Kier molecular flexibility index (Phi) is 10.2. The molecule has 0 heterocycles. The number of rotatable bonds is 11. The Morgan fingerprint density at radius 2 is 1.38 bits per heavy atom. The lowest BCUT2D eigenvalue weighted by Crippen LogP contribution is -2.19. The first-order valence-corrected chi connectivity index (χ1v) is 6.56. The van der Waals surface area contributed by atoms with E-state index in [0.717, 1.165) is 31.1 Å². The highest BCUT2D eigenvalue weighted by Gasteiger charge is 2.02. The van der Waals surface area contributed by atoms with E-state index in [9.17, 15) is 29.7 Å². The molecule has 0 fully saturated rings. The van der Waals surface area contributed by atoms with Crippen molar-refractivity contribution in [3.63, 3.8) is 0 Å². The van der Waals surface area contributed by atoms with Gasteiger partial charge in [0.2, 0.25) is 0 Å². The highest BCUT2D eigenvalue weighted by molar-refractivity contribution is 5.78. The molecule has 0 spiro atoms. The number of carboxylic acids is 3.